The van der Waals surface area contributed by atoms with Crippen molar-refractivity contribution in [1.29, 1.82) is 0 Å². The average molecular weight is 417 g/mol. The van der Waals surface area contributed by atoms with E-state index in [1.807, 2.05) is 30.0 Å². The third-order valence-electron chi connectivity index (χ3n) is 4.85. The van der Waals surface area contributed by atoms with Crippen molar-refractivity contribution in [3.8, 4) is 0 Å². The Morgan fingerprint density at radius 2 is 2.04 bits per heavy atom. The summed E-state index contributed by atoms with van der Waals surface area (Å²) in [6.45, 7) is 7.10. The van der Waals surface area contributed by atoms with Gasteiger partial charge in [-0.1, -0.05) is 6.07 Å². The molecule has 1 atom stereocenters. The molecule has 27 heavy (non-hydrogen) atoms. The molecule has 0 radical (unpaired) electrons. The number of hydrogen-bond acceptors (Lipinski definition) is 6. The summed E-state index contributed by atoms with van der Waals surface area (Å²) in [5, 5.41) is 3.34. The first-order valence-electron chi connectivity index (χ1n) is 8.90. The van der Waals surface area contributed by atoms with Crippen LogP contribution >= 0.6 is 24.8 Å². The van der Waals surface area contributed by atoms with Crippen molar-refractivity contribution in [1.82, 2.24) is 15.2 Å². The second kappa shape index (κ2) is 9.59. The van der Waals surface area contributed by atoms with E-state index in [2.05, 4.69) is 15.2 Å². The molecular weight excluding hydrogens is 391 g/mol. The summed E-state index contributed by atoms with van der Waals surface area (Å²) in [7, 11) is 0. The molecule has 150 valence electrons. The minimum atomic E-state index is 0. The van der Waals surface area contributed by atoms with E-state index in [0.717, 1.165) is 37.3 Å². The Kier molecular flexibility index (Phi) is 7.73. The Labute approximate surface area is 171 Å². The lowest BCUT2D eigenvalue weighted by molar-refractivity contribution is -0.132. The number of anilines is 1. The van der Waals surface area contributed by atoms with Crippen molar-refractivity contribution < 1.29 is 13.9 Å². The highest BCUT2D eigenvalue weighted by Crippen LogP contribution is 2.23. The maximum Gasteiger partial charge on any atom is 0.298 e. The fourth-order valence-electron chi connectivity index (χ4n) is 3.40. The molecule has 2 aliphatic rings. The van der Waals surface area contributed by atoms with Crippen LogP contribution in [0, 0.1) is 6.92 Å². The van der Waals surface area contributed by atoms with Crippen molar-refractivity contribution >= 4 is 47.8 Å². The molecule has 0 aliphatic carbocycles. The van der Waals surface area contributed by atoms with Crippen molar-refractivity contribution in [2.24, 2.45) is 0 Å². The largest absolute Gasteiger partial charge is 0.423 e. The van der Waals surface area contributed by atoms with Crippen LogP contribution in [0.1, 0.15) is 12.0 Å². The number of aryl methyl sites for hydroxylation is 1. The molecule has 7 nitrogen and oxygen atoms in total. The van der Waals surface area contributed by atoms with Crippen LogP contribution in [0.3, 0.4) is 0 Å². The summed E-state index contributed by atoms with van der Waals surface area (Å²) in [5.41, 5.74) is 2.86. The average Bonchev–Trinajstić information content (AvgIpc) is 3.06. The van der Waals surface area contributed by atoms with Gasteiger partial charge in [-0.15, -0.1) is 24.8 Å². The molecule has 2 aliphatic heterocycles. The number of morpholine rings is 1. The van der Waals surface area contributed by atoms with E-state index < -0.39 is 0 Å². The first kappa shape index (κ1) is 21.8. The molecule has 2 fully saturated rings. The highest BCUT2D eigenvalue weighted by atomic mass is 35.5. The van der Waals surface area contributed by atoms with Gasteiger partial charge in [-0.25, -0.2) is 0 Å². The second-order valence-corrected chi connectivity index (χ2v) is 6.77. The van der Waals surface area contributed by atoms with E-state index in [-0.39, 0.29) is 36.8 Å². The molecule has 1 aromatic heterocycles. The number of aromatic nitrogens is 1. The number of carbonyl (C=O) groups excluding carboxylic acids is 1. The number of fused-ring (bicyclic) bond motifs is 1. The van der Waals surface area contributed by atoms with E-state index in [4.69, 9.17) is 9.15 Å². The van der Waals surface area contributed by atoms with Crippen LogP contribution in [-0.4, -0.2) is 67.8 Å². The minimum absolute atomic E-state index is 0. The zero-order valence-corrected chi connectivity index (χ0v) is 17.0. The number of piperazine rings is 1. The van der Waals surface area contributed by atoms with Crippen LogP contribution in [0.4, 0.5) is 6.01 Å². The van der Waals surface area contributed by atoms with Crippen molar-refractivity contribution in [3.05, 3.63) is 23.8 Å². The fraction of sp³-hybridized carbons (Fsp3) is 0.556. The highest BCUT2D eigenvalue weighted by molar-refractivity contribution is 5.85. The number of nitrogens with zero attached hydrogens (tertiary/aromatic N) is 3. The Morgan fingerprint density at radius 1 is 1.26 bits per heavy atom. The molecule has 3 heterocycles. The van der Waals surface area contributed by atoms with Gasteiger partial charge in [-0.05, 0) is 24.6 Å². The van der Waals surface area contributed by atoms with E-state index in [9.17, 15) is 4.79 Å². The lowest BCUT2D eigenvalue weighted by Crippen LogP contribution is -2.51. The summed E-state index contributed by atoms with van der Waals surface area (Å²) in [6.07, 6.45) is 0.502. The normalized spacial score (nSPS) is 20.1. The predicted molar refractivity (Wildman–Crippen MR) is 109 cm³/mol. The Bertz CT molecular complexity index is 756. The van der Waals surface area contributed by atoms with E-state index in [1.54, 1.807) is 0 Å². The molecule has 2 saturated heterocycles. The van der Waals surface area contributed by atoms with Crippen LogP contribution in [0.15, 0.2) is 22.6 Å². The summed E-state index contributed by atoms with van der Waals surface area (Å²) in [4.78, 5) is 21.1. The first-order valence-corrected chi connectivity index (χ1v) is 8.90. The number of nitrogens with one attached hydrogen (secondary N) is 1. The number of ether oxygens (including phenoxy) is 1. The number of carbonyl (C=O) groups is 1. The zero-order chi connectivity index (χ0) is 17.2. The smallest absolute Gasteiger partial charge is 0.298 e. The van der Waals surface area contributed by atoms with Gasteiger partial charge >= 0.3 is 0 Å². The predicted octanol–water partition coefficient (Wildman–Crippen LogP) is 2.01. The summed E-state index contributed by atoms with van der Waals surface area (Å²) in [5.74, 6) is 0.191. The van der Waals surface area contributed by atoms with Crippen LogP contribution < -0.4 is 10.2 Å². The summed E-state index contributed by atoms with van der Waals surface area (Å²) in [6, 6.07) is 6.80. The van der Waals surface area contributed by atoms with Crippen LogP contribution in [0.5, 0.6) is 0 Å². The topological polar surface area (TPSA) is 70.8 Å². The molecule has 0 bridgehead atoms. The van der Waals surface area contributed by atoms with Crippen LogP contribution in [-0.2, 0) is 9.53 Å². The van der Waals surface area contributed by atoms with E-state index >= 15 is 0 Å². The molecule has 1 amide bonds. The molecule has 1 unspecified atom stereocenters. The van der Waals surface area contributed by atoms with Crippen molar-refractivity contribution in [2.75, 3.05) is 50.8 Å². The first-order chi connectivity index (χ1) is 12.2. The van der Waals surface area contributed by atoms with Gasteiger partial charge in [0.25, 0.3) is 6.01 Å². The molecule has 0 spiro atoms. The van der Waals surface area contributed by atoms with Crippen molar-refractivity contribution in [2.45, 2.75) is 19.4 Å². The number of amides is 1. The van der Waals surface area contributed by atoms with Gasteiger partial charge in [0.05, 0.1) is 13.2 Å². The number of halogens is 2. The number of hydrogen-bond donors (Lipinski definition) is 1. The van der Waals surface area contributed by atoms with Gasteiger partial charge in [-0.3, -0.25) is 4.79 Å². The molecule has 4 rings (SSSR count). The van der Waals surface area contributed by atoms with Gasteiger partial charge in [-0.2, -0.15) is 4.98 Å². The van der Waals surface area contributed by atoms with Gasteiger partial charge in [0.2, 0.25) is 5.91 Å². The van der Waals surface area contributed by atoms with Crippen LogP contribution in [0.25, 0.3) is 11.1 Å². The minimum Gasteiger partial charge on any atom is -0.423 e. The van der Waals surface area contributed by atoms with Crippen molar-refractivity contribution in [3.63, 3.8) is 0 Å². The van der Waals surface area contributed by atoms with Gasteiger partial charge in [0, 0.05) is 45.2 Å². The quantitative estimate of drug-likeness (QED) is 0.824. The second-order valence-electron chi connectivity index (χ2n) is 6.77. The van der Waals surface area contributed by atoms with E-state index in [0.29, 0.717) is 32.1 Å². The molecule has 2 aromatic rings. The van der Waals surface area contributed by atoms with Gasteiger partial charge in [0.1, 0.15) is 5.52 Å². The maximum absolute atomic E-state index is 12.5. The zero-order valence-electron chi connectivity index (χ0n) is 15.3. The third kappa shape index (κ3) is 5.04. The van der Waals surface area contributed by atoms with Gasteiger partial charge < -0.3 is 24.3 Å². The van der Waals surface area contributed by atoms with E-state index in [1.165, 1.54) is 5.56 Å². The number of rotatable bonds is 3. The SMILES string of the molecule is Cc1ccc2oc(N3CCN(C(=O)CC4COCCN4)CC3)nc2c1.Cl.Cl. The molecule has 1 N–H and O–H groups in total. The standard InChI is InChI=1S/C18H24N4O3.2ClH/c1-13-2-3-16-15(10-13)20-18(25-16)22-7-5-21(6-8-22)17(23)11-14-12-24-9-4-19-14;;/h2-3,10,14,19H,4-9,11-12H2,1H3;2*1H. The van der Waals surface area contributed by atoms with Gasteiger partial charge in [0.15, 0.2) is 5.58 Å². The molecular formula is C18H26Cl2N4O3. The number of oxazole rings is 1. The summed E-state index contributed by atoms with van der Waals surface area (Å²) < 4.78 is 11.3. The van der Waals surface area contributed by atoms with Crippen LogP contribution in [0.2, 0.25) is 0 Å². The maximum atomic E-state index is 12.5. The molecule has 0 saturated carbocycles. The lowest BCUT2D eigenvalue weighted by Gasteiger charge is -2.35. The highest BCUT2D eigenvalue weighted by Gasteiger charge is 2.26. The molecule has 1 aromatic carbocycles. The Balaban J connectivity index is 0.00000131. The monoisotopic (exact) mass is 416 g/mol. The Morgan fingerprint density at radius 3 is 2.74 bits per heavy atom. The third-order valence-corrected chi connectivity index (χ3v) is 4.85. The summed E-state index contributed by atoms with van der Waals surface area (Å²) >= 11 is 0. The molecule has 9 heteroatoms. The number of benzene rings is 1. The lowest BCUT2D eigenvalue weighted by atomic mass is 10.1. The Hall–Kier alpha value is -1.54. The fourth-order valence-corrected chi connectivity index (χ4v) is 3.40.